The molecular weight excluding hydrogens is 552 g/mol. The third-order valence-corrected chi connectivity index (χ3v) is 8.42. The van der Waals surface area contributed by atoms with Crippen LogP contribution in [0.2, 0.25) is 0 Å². The Morgan fingerprint density at radius 2 is 1.64 bits per heavy atom. The summed E-state index contributed by atoms with van der Waals surface area (Å²) in [4.78, 5) is 26.9. The lowest BCUT2D eigenvalue weighted by molar-refractivity contribution is -0.124. The van der Waals surface area contributed by atoms with Crippen molar-refractivity contribution in [3.05, 3.63) is 102 Å². The SMILES string of the molecule is CC(C)[C@H]1COCCCCCC=CCOc2ccc(cc2)C[C@@H](NC(=O)OCC2c3ccccc3-c3ccccc32)C(=O)N1. The van der Waals surface area contributed by atoms with Crippen LogP contribution in [0.1, 0.15) is 62.1 Å². The van der Waals surface area contributed by atoms with Crippen LogP contribution in [-0.4, -0.2) is 50.5 Å². The van der Waals surface area contributed by atoms with E-state index in [2.05, 4.69) is 60.9 Å². The van der Waals surface area contributed by atoms with Gasteiger partial charge in [0.2, 0.25) is 5.91 Å². The maximum Gasteiger partial charge on any atom is 0.407 e. The number of alkyl carbamates (subject to hydrolysis) is 1. The number of fused-ring (bicyclic) bond motifs is 19. The minimum Gasteiger partial charge on any atom is -0.490 e. The van der Waals surface area contributed by atoms with Crippen molar-refractivity contribution in [3.63, 3.8) is 0 Å². The van der Waals surface area contributed by atoms with Crippen LogP contribution in [0.4, 0.5) is 4.79 Å². The van der Waals surface area contributed by atoms with Crippen molar-refractivity contribution in [1.29, 1.82) is 0 Å². The molecule has 6 rings (SSSR count). The third-order valence-electron chi connectivity index (χ3n) is 8.42. The van der Waals surface area contributed by atoms with Gasteiger partial charge in [0, 0.05) is 18.9 Å². The molecule has 3 aliphatic rings. The second-order valence-electron chi connectivity index (χ2n) is 11.9. The van der Waals surface area contributed by atoms with Crippen molar-refractivity contribution >= 4 is 12.0 Å². The second kappa shape index (κ2) is 15.6. The Morgan fingerprint density at radius 3 is 2.34 bits per heavy atom. The van der Waals surface area contributed by atoms with Crippen LogP contribution in [0.5, 0.6) is 5.75 Å². The smallest absolute Gasteiger partial charge is 0.407 e. The minimum atomic E-state index is -0.827. The number of allylic oxidation sites excluding steroid dienone is 1. The van der Waals surface area contributed by atoms with E-state index in [9.17, 15) is 9.59 Å². The molecular formula is C37H44N2O5. The van der Waals surface area contributed by atoms with E-state index in [-0.39, 0.29) is 30.4 Å². The van der Waals surface area contributed by atoms with Crippen molar-refractivity contribution < 1.29 is 23.8 Å². The summed E-state index contributed by atoms with van der Waals surface area (Å²) in [6.07, 6.45) is 8.07. The van der Waals surface area contributed by atoms with E-state index < -0.39 is 12.1 Å². The van der Waals surface area contributed by atoms with Crippen LogP contribution in [0.15, 0.2) is 84.9 Å². The lowest BCUT2D eigenvalue weighted by atomic mass is 9.98. The number of benzene rings is 3. The zero-order valence-corrected chi connectivity index (χ0v) is 25.8. The van der Waals surface area contributed by atoms with Crippen molar-refractivity contribution in [1.82, 2.24) is 10.6 Å². The fraction of sp³-hybridized carbons (Fsp3) is 0.405. The van der Waals surface area contributed by atoms with Crippen LogP contribution in [0.25, 0.3) is 11.1 Å². The van der Waals surface area contributed by atoms with Gasteiger partial charge in [-0.05, 0) is 65.1 Å². The minimum absolute atomic E-state index is 0.0642. The Balaban J connectivity index is 1.29. The molecule has 0 saturated heterocycles. The predicted octanol–water partition coefficient (Wildman–Crippen LogP) is 6.80. The zero-order chi connectivity index (χ0) is 30.7. The summed E-state index contributed by atoms with van der Waals surface area (Å²) in [6, 6.07) is 23.1. The summed E-state index contributed by atoms with van der Waals surface area (Å²) in [6.45, 7) is 5.88. The van der Waals surface area contributed by atoms with Crippen molar-refractivity contribution in [2.45, 2.75) is 64.0 Å². The molecule has 0 spiro atoms. The molecule has 1 aliphatic carbocycles. The number of nitrogens with one attached hydrogen (secondary N) is 2. The molecule has 0 radical (unpaired) electrons. The molecule has 2 atom stereocenters. The van der Waals surface area contributed by atoms with E-state index in [1.54, 1.807) is 0 Å². The molecule has 44 heavy (non-hydrogen) atoms. The average molecular weight is 597 g/mol. The molecule has 2 bridgehead atoms. The first-order chi connectivity index (χ1) is 21.5. The highest BCUT2D eigenvalue weighted by Gasteiger charge is 2.30. The lowest BCUT2D eigenvalue weighted by Gasteiger charge is -2.26. The number of hydrogen-bond acceptors (Lipinski definition) is 5. The molecule has 0 aromatic heterocycles. The molecule has 2 aliphatic heterocycles. The van der Waals surface area contributed by atoms with E-state index in [4.69, 9.17) is 14.2 Å². The van der Waals surface area contributed by atoms with Crippen LogP contribution in [0, 0.1) is 5.92 Å². The largest absolute Gasteiger partial charge is 0.490 e. The first-order valence-electron chi connectivity index (χ1n) is 15.9. The maximum atomic E-state index is 13.7. The fourth-order valence-electron chi connectivity index (χ4n) is 5.82. The van der Waals surface area contributed by atoms with Gasteiger partial charge >= 0.3 is 6.09 Å². The normalized spacial score (nSPS) is 19.8. The average Bonchev–Trinajstić information content (AvgIpc) is 3.35. The molecule has 7 nitrogen and oxygen atoms in total. The summed E-state index contributed by atoms with van der Waals surface area (Å²) < 4.78 is 17.6. The summed E-state index contributed by atoms with van der Waals surface area (Å²) in [5, 5.41) is 6.01. The van der Waals surface area contributed by atoms with E-state index >= 15 is 0 Å². The van der Waals surface area contributed by atoms with Crippen LogP contribution in [-0.2, 0) is 20.7 Å². The lowest BCUT2D eigenvalue weighted by Crippen LogP contribution is -2.53. The molecule has 0 saturated carbocycles. The van der Waals surface area contributed by atoms with Crippen molar-refractivity contribution in [2.24, 2.45) is 5.92 Å². The Morgan fingerprint density at radius 1 is 0.932 bits per heavy atom. The Bertz CT molecular complexity index is 1370. The van der Waals surface area contributed by atoms with Crippen LogP contribution in [0.3, 0.4) is 0 Å². The predicted molar refractivity (Wildman–Crippen MR) is 173 cm³/mol. The highest BCUT2D eigenvalue weighted by molar-refractivity contribution is 5.86. The van der Waals surface area contributed by atoms with Gasteiger partial charge in [-0.25, -0.2) is 4.79 Å². The highest BCUT2D eigenvalue weighted by Crippen LogP contribution is 2.44. The Kier molecular flexibility index (Phi) is 11.1. The quantitative estimate of drug-likeness (QED) is 0.324. The summed E-state index contributed by atoms with van der Waals surface area (Å²) in [5.41, 5.74) is 5.51. The number of ether oxygens (including phenoxy) is 3. The van der Waals surface area contributed by atoms with Crippen molar-refractivity contribution in [2.75, 3.05) is 26.4 Å². The molecule has 2 amide bonds. The summed E-state index contributed by atoms with van der Waals surface area (Å²) in [7, 11) is 0. The van der Waals surface area contributed by atoms with E-state index in [0.29, 0.717) is 26.2 Å². The number of hydrogen-bond donors (Lipinski definition) is 2. The summed E-state index contributed by atoms with van der Waals surface area (Å²) in [5.74, 6) is 0.593. The zero-order valence-electron chi connectivity index (χ0n) is 25.8. The van der Waals surface area contributed by atoms with Gasteiger partial charge in [-0.1, -0.05) is 93.1 Å². The van der Waals surface area contributed by atoms with Gasteiger partial charge in [0.05, 0.1) is 12.6 Å². The molecule has 2 heterocycles. The van der Waals surface area contributed by atoms with Gasteiger partial charge in [-0.2, -0.15) is 0 Å². The summed E-state index contributed by atoms with van der Waals surface area (Å²) >= 11 is 0. The Hall–Kier alpha value is -4.10. The molecule has 0 fully saturated rings. The van der Waals surface area contributed by atoms with Gasteiger partial charge in [-0.3, -0.25) is 4.79 Å². The molecule has 232 valence electrons. The van der Waals surface area contributed by atoms with Crippen molar-refractivity contribution in [3.8, 4) is 16.9 Å². The fourth-order valence-corrected chi connectivity index (χ4v) is 5.82. The molecule has 7 heteroatoms. The molecule has 2 N–H and O–H groups in total. The Labute approximate surface area is 261 Å². The number of amides is 2. The topological polar surface area (TPSA) is 85.9 Å². The maximum absolute atomic E-state index is 13.7. The van der Waals surface area contributed by atoms with Gasteiger partial charge in [0.1, 0.15) is 25.0 Å². The van der Waals surface area contributed by atoms with Gasteiger partial charge in [0.25, 0.3) is 0 Å². The first-order valence-corrected chi connectivity index (χ1v) is 15.9. The van der Waals surface area contributed by atoms with Crippen LogP contribution < -0.4 is 15.4 Å². The van der Waals surface area contributed by atoms with Gasteiger partial charge in [0.15, 0.2) is 0 Å². The van der Waals surface area contributed by atoms with E-state index in [1.165, 1.54) is 0 Å². The van der Waals surface area contributed by atoms with Gasteiger partial charge in [-0.15, -0.1) is 0 Å². The molecule has 3 aromatic carbocycles. The second-order valence-corrected chi connectivity index (χ2v) is 11.9. The van der Waals surface area contributed by atoms with Crippen LogP contribution >= 0.6 is 0 Å². The van der Waals surface area contributed by atoms with E-state index in [0.717, 1.165) is 59.3 Å². The highest BCUT2D eigenvalue weighted by atomic mass is 16.5. The number of carbonyl (C=O) groups is 2. The van der Waals surface area contributed by atoms with Gasteiger partial charge < -0.3 is 24.8 Å². The number of carbonyl (C=O) groups excluding carboxylic acids is 2. The molecule has 3 aromatic rings. The first kappa shape index (κ1) is 31.3. The third kappa shape index (κ3) is 8.29. The number of rotatable bonds is 4. The van der Waals surface area contributed by atoms with E-state index in [1.807, 2.05) is 48.5 Å². The monoisotopic (exact) mass is 596 g/mol. The standard InChI is InChI=1S/C37H44N2O5/c1-26(2)35-25-42-21-11-5-3-4-6-12-22-43-28-19-17-27(18-20-28)23-34(36(40)38-35)39-37(41)44-24-33-31-15-9-7-13-29(31)30-14-8-10-16-32(30)33/h6-10,12-20,26,33-35H,3-5,11,21-25H2,1-2H3,(H,38,40)(H,39,41)/t34-,35-/m1/s1. The molecule has 0 unspecified atom stereocenters.